The van der Waals surface area contributed by atoms with E-state index in [0.29, 0.717) is 28.6 Å². The molecule has 0 spiro atoms. The van der Waals surface area contributed by atoms with Gasteiger partial charge in [-0.05, 0) is 43.9 Å². The van der Waals surface area contributed by atoms with Crippen LogP contribution >= 0.6 is 0 Å². The van der Waals surface area contributed by atoms with Crippen LogP contribution in [0, 0.1) is 5.82 Å². The summed E-state index contributed by atoms with van der Waals surface area (Å²) in [6.45, 7) is 1.48. The van der Waals surface area contributed by atoms with E-state index in [1.807, 2.05) is 6.07 Å². The van der Waals surface area contributed by atoms with Crippen molar-refractivity contribution in [3.8, 4) is 5.69 Å². The van der Waals surface area contributed by atoms with E-state index in [2.05, 4.69) is 58.2 Å². The molecule has 1 aliphatic rings. The summed E-state index contributed by atoms with van der Waals surface area (Å²) in [5, 5.41) is 4.71. The minimum atomic E-state index is -0.328. The highest BCUT2D eigenvalue weighted by molar-refractivity contribution is 5.76. The van der Waals surface area contributed by atoms with Crippen LogP contribution in [0.3, 0.4) is 0 Å². The van der Waals surface area contributed by atoms with E-state index in [4.69, 9.17) is 4.98 Å². The van der Waals surface area contributed by atoms with E-state index < -0.39 is 0 Å². The third kappa shape index (κ3) is 3.48. The van der Waals surface area contributed by atoms with E-state index >= 15 is 0 Å². The van der Waals surface area contributed by atoms with Crippen LogP contribution in [0.1, 0.15) is 11.5 Å². The molecular weight excluding hydrogens is 395 g/mol. The molecule has 3 heterocycles. The fourth-order valence-electron chi connectivity index (χ4n) is 4.34. The van der Waals surface area contributed by atoms with Crippen molar-refractivity contribution in [2.75, 3.05) is 32.1 Å². The van der Waals surface area contributed by atoms with Crippen molar-refractivity contribution in [2.45, 2.75) is 12.0 Å². The number of nitrogens with zero attached hydrogens (tertiary/aromatic N) is 5. The topological polar surface area (TPSA) is 70.1 Å². The molecule has 4 aromatic rings. The molecule has 2 aromatic heterocycles. The van der Waals surface area contributed by atoms with Crippen molar-refractivity contribution in [1.29, 1.82) is 0 Å². The molecule has 8 heteroatoms. The van der Waals surface area contributed by atoms with Gasteiger partial charge >= 0.3 is 0 Å². The Morgan fingerprint density at radius 1 is 1.06 bits per heavy atom. The predicted molar refractivity (Wildman–Crippen MR) is 118 cm³/mol. The first-order valence-electron chi connectivity index (χ1n) is 10.2. The number of aromatic amines is 1. The first-order valence-corrected chi connectivity index (χ1v) is 10.2. The Kier molecular flexibility index (Phi) is 4.78. The molecule has 1 fully saturated rings. The average molecular weight is 418 g/mol. The number of fused-ring (bicyclic) bond motifs is 1. The minimum Gasteiger partial charge on any atom is -0.340 e. The molecule has 0 bridgehead atoms. The summed E-state index contributed by atoms with van der Waals surface area (Å²) in [6, 6.07) is 16.7. The van der Waals surface area contributed by atoms with Crippen LogP contribution in [0.25, 0.3) is 16.7 Å². The molecule has 1 N–H and O–H groups in total. The van der Waals surface area contributed by atoms with Gasteiger partial charge in [-0.3, -0.25) is 9.78 Å². The zero-order valence-electron chi connectivity index (χ0n) is 17.4. The van der Waals surface area contributed by atoms with Crippen LogP contribution in [0.5, 0.6) is 0 Å². The molecule has 158 valence electrons. The summed E-state index contributed by atoms with van der Waals surface area (Å²) in [5.41, 5.74) is 2.13. The number of aromatic nitrogens is 4. The van der Waals surface area contributed by atoms with Gasteiger partial charge in [0.25, 0.3) is 5.56 Å². The Morgan fingerprint density at radius 2 is 1.81 bits per heavy atom. The standard InChI is InChI=1S/C23H23FN6O/c1-28(2)20-14-29(13-19(20)15-6-4-3-5-7-15)23-26-21-18(22(31)27-23)12-25-30(21)17-10-8-16(24)9-11-17/h3-12,19-20H,13-14H2,1-2H3,(H,26,27,31)/t19-,20-/m0/s1. The molecule has 31 heavy (non-hydrogen) atoms. The molecule has 0 aliphatic carbocycles. The van der Waals surface area contributed by atoms with Crippen molar-refractivity contribution >= 4 is 17.0 Å². The zero-order valence-corrected chi connectivity index (χ0v) is 17.4. The number of anilines is 1. The Bertz CT molecular complexity index is 1260. The number of hydrogen-bond donors (Lipinski definition) is 1. The Morgan fingerprint density at radius 3 is 2.52 bits per heavy atom. The lowest BCUT2D eigenvalue weighted by atomic mass is 9.94. The largest absolute Gasteiger partial charge is 0.340 e. The average Bonchev–Trinajstić information content (AvgIpc) is 3.40. The lowest BCUT2D eigenvalue weighted by Crippen LogP contribution is -2.35. The van der Waals surface area contributed by atoms with Gasteiger partial charge in [0.15, 0.2) is 5.65 Å². The fraction of sp³-hybridized carbons (Fsp3) is 0.261. The van der Waals surface area contributed by atoms with Gasteiger partial charge in [0.1, 0.15) is 11.2 Å². The van der Waals surface area contributed by atoms with Gasteiger partial charge in [-0.25, -0.2) is 9.07 Å². The number of H-pyrrole nitrogens is 1. The molecule has 5 rings (SSSR count). The second kappa shape index (κ2) is 7.63. The van der Waals surface area contributed by atoms with Crippen molar-refractivity contribution in [3.05, 3.63) is 82.5 Å². The van der Waals surface area contributed by atoms with Crippen LogP contribution in [0.15, 0.2) is 65.6 Å². The van der Waals surface area contributed by atoms with Gasteiger partial charge in [-0.1, -0.05) is 30.3 Å². The van der Waals surface area contributed by atoms with Crippen LogP contribution in [0.4, 0.5) is 10.3 Å². The van der Waals surface area contributed by atoms with E-state index in [-0.39, 0.29) is 17.4 Å². The number of nitrogens with one attached hydrogen (secondary N) is 1. The Balaban J connectivity index is 1.55. The summed E-state index contributed by atoms with van der Waals surface area (Å²) in [7, 11) is 4.15. The summed E-state index contributed by atoms with van der Waals surface area (Å²) in [5.74, 6) is 0.483. The van der Waals surface area contributed by atoms with E-state index in [1.54, 1.807) is 16.8 Å². The Hall–Kier alpha value is -3.52. The molecular formula is C23H23FN6O. The van der Waals surface area contributed by atoms with Crippen LogP contribution < -0.4 is 10.5 Å². The molecule has 0 radical (unpaired) electrons. The van der Waals surface area contributed by atoms with E-state index in [0.717, 1.165) is 13.1 Å². The SMILES string of the molecule is CN(C)[C@H]1CN(c2nc3c(cnn3-c3ccc(F)cc3)c(=O)[nH]2)C[C@H]1c1ccccc1. The van der Waals surface area contributed by atoms with E-state index in [9.17, 15) is 9.18 Å². The van der Waals surface area contributed by atoms with Gasteiger partial charge in [0.2, 0.25) is 5.95 Å². The quantitative estimate of drug-likeness (QED) is 0.552. The highest BCUT2D eigenvalue weighted by atomic mass is 19.1. The van der Waals surface area contributed by atoms with Gasteiger partial charge in [-0.15, -0.1) is 0 Å². The first kappa shape index (κ1) is 19.4. The second-order valence-corrected chi connectivity index (χ2v) is 8.11. The Labute approximate surface area is 178 Å². The second-order valence-electron chi connectivity index (χ2n) is 8.11. The van der Waals surface area contributed by atoms with Crippen LogP contribution in [0.2, 0.25) is 0 Å². The molecule has 0 saturated carbocycles. The van der Waals surface area contributed by atoms with Gasteiger partial charge in [-0.2, -0.15) is 10.1 Å². The summed E-state index contributed by atoms with van der Waals surface area (Å²) < 4.78 is 14.9. The first-order chi connectivity index (χ1) is 15.0. The van der Waals surface area contributed by atoms with Gasteiger partial charge in [0, 0.05) is 25.0 Å². The van der Waals surface area contributed by atoms with Crippen LogP contribution in [-0.4, -0.2) is 57.9 Å². The lowest BCUT2D eigenvalue weighted by Gasteiger charge is -2.25. The maximum Gasteiger partial charge on any atom is 0.263 e. The minimum absolute atomic E-state index is 0.238. The van der Waals surface area contributed by atoms with E-state index in [1.165, 1.54) is 23.9 Å². The molecule has 2 aromatic carbocycles. The summed E-state index contributed by atoms with van der Waals surface area (Å²) in [4.78, 5) is 24.8. The maximum absolute atomic E-state index is 13.3. The predicted octanol–water partition coefficient (Wildman–Crippen LogP) is 2.78. The third-order valence-corrected chi connectivity index (χ3v) is 5.98. The van der Waals surface area contributed by atoms with Crippen LogP contribution in [-0.2, 0) is 0 Å². The number of hydrogen-bond acceptors (Lipinski definition) is 5. The monoisotopic (exact) mass is 418 g/mol. The highest BCUT2D eigenvalue weighted by Crippen LogP contribution is 2.32. The maximum atomic E-state index is 13.3. The third-order valence-electron chi connectivity index (χ3n) is 5.98. The molecule has 0 unspecified atom stereocenters. The number of halogens is 1. The zero-order chi connectivity index (χ0) is 21.5. The van der Waals surface area contributed by atoms with Crippen molar-refractivity contribution < 1.29 is 4.39 Å². The van der Waals surface area contributed by atoms with Gasteiger partial charge in [0.05, 0.1) is 11.9 Å². The number of rotatable bonds is 4. The molecule has 2 atom stereocenters. The van der Waals surface area contributed by atoms with Crippen molar-refractivity contribution in [1.82, 2.24) is 24.6 Å². The highest BCUT2D eigenvalue weighted by Gasteiger charge is 2.36. The smallest absolute Gasteiger partial charge is 0.263 e. The summed E-state index contributed by atoms with van der Waals surface area (Å²) >= 11 is 0. The lowest BCUT2D eigenvalue weighted by molar-refractivity contribution is 0.292. The molecule has 1 saturated heterocycles. The summed E-state index contributed by atoms with van der Waals surface area (Å²) in [6.07, 6.45) is 1.49. The van der Waals surface area contributed by atoms with Crippen molar-refractivity contribution in [3.63, 3.8) is 0 Å². The number of benzene rings is 2. The normalized spacial score (nSPS) is 18.9. The van der Waals surface area contributed by atoms with Crippen molar-refractivity contribution in [2.24, 2.45) is 0 Å². The fourth-order valence-corrected chi connectivity index (χ4v) is 4.34. The molecule has 7 nitrogen and oxygen atoms in total. The number of likely N-dealkylation sites (N-methyl/N-ethyl adjacent to an activating group) is 1. The van der Waals surface area contributed by atoms with Gasteiger partial charge < -0.3 is 9.80 Å². The molecule has 1 aliphatic heterocycles. The molecule has 0 amide bonds.